The standard InChI is InChI=1S/C23H33N3O4/c1-7-8-11-14-25-22(28)19-13-10-9-12-18(19)20(24-25)23(29)30-17(6)21(27)26(15(2)3)16(4)5/h9-10,12-13,15-17H,7-8,11,14H2,1-6H3. The van der Waals surface area contributed by atoms with Gasteiger partial charge in [-0.2, -0.15) is 5.10 Å². The third-order valence-corrected chi connectivity index (χ3v) is 5.03. The average Bonchev–Trinajstić information content (AvgIpc) is 2.69. The van der Waals surface area contributed by atoms with Gasteiger partial charge in [0, 0.05) is 24.0 Å². The van der Waals surface area contributed by atoms with Crippen molar-refractivity contribution < 1.29 is 14.3 Å². The van der Waals surface area contributed by atoms with Crippen LogP contribution in [0.5, 0.6) is 0 Å². The summed E-state index contributed by atoms with van der Waals surface area (Å²) < 4.78 is 6.83. The summed E-state index contributed by atoms with van der Waals surface area (Å²) in [6.07, 6.45) is 1.82. The van der Waals surface area contributed by atoms with Gasteiger partial charge in [0.2, 0.25) is 0 Å². The predicted molar refractivity (Wildman–Crippen MR) is 118 cm³/mol. The van der Waals surface area contributed by atoms with Crippen molar-refractivity contribution in [2.45, 2.75) is 85.5 Å². The zero-order valence-corrected chi connectivity index (χ0v) is 18.8. The van der Waals surface area contributed by atoms with Crippen LogP contribution in [-0.2, 0) is 16.1 Å². The maximum Gasteiger partial charge on any atom is 0.360 e. The molecule has 7 nitrogen and oxygen atoms in total. The van der Waals surface area contributed by atoms with Crippen LogP contribution in [0.3, 0.4) is 0 Å². The molecular formula is C23H33N3O4. The van der Waals surface area contributed by atoms with Gasteiger partial charge in [0.1, 0.15) is 0 Å². The Morgan fingerprint density at radius 2 is 1.63 bits per heavy atom. The van der Waals surface area contributed by atoms with Gasteiger partial charge < -0.3 is 9.64 Å². The maximum absolute atomic E-state index is 13.0. The largest absolute Gasteiger partial charge is 0.448 e. The van der Waals surface area contributed by atoms with E-state index in [2.05, 4.69) is 12.0 Å². The molecule has 7 heteroatoms. The highest BCUT2D eigenvalue weighted by Gasteiger charge is 2.29. The fraction of sp³-hybridized carbons (Fsp3) is 0.565. The Morgan fingerprint density at radius 1 is 1.03 bits per heavy atom. The SMILES string of the molecule is CCCCCn1nc(C(=O)OC(C)C(=O)N(C(C)C)C(C)C)c2ccccc2c1=O. The second-order valence-corrected chi connectivity index (χ2v) is 8.11. The first kappa shape index (κ1) is 23.6. The van der Waals surface area contributed by atoms with E-state index in [1.54, 1.807) is 36.1 Å². The second-order valence-electron chi connectivity index (χ2n) is 8.11. The number of aromatic nitrogens is 2. The van der Waals surface area contributed by atoms with E-state index in [1.807, 2.05) is 27.7 Å². The summed E-state index contributed by atoms with van der Waals surface area (Å²) >= 11 is 0. The first-order valence-electron chi connectivity index (χ1n) is 10.7. The number of carbonyl (C=O) groups excluding carboxylic acids is 2. The molecular weight excluding hydrogens is 382 g/mol. The molecule has 164 valence electrons. The molecule has 0 aliphatic heterocycles. The number of amides is 1. The van der Waals surface area contributed by atoms with E-state index < -0.39 is 12.1 Å². The highest BCUT2D eigenvalue weighted by molar-refractivity contribution is 6.02. The fourth-order valence-electron chi connectivity index (χ4n) is 3.63. The van der Waals surface area contributed by atoms with Crippen molar-refractivity contribution >= 4 is 22.6 Å². The molecule has 0 saturated carbocycles. The van der Waals surface area contributed by atoms with E-state index in [0.29, 0.717) is 17.3 Å². The van der Waals surface area contributed by atoms with Crippen LogP contribution in [0.4, 0.5) is 0 Å². The Morgan fingerprint density at radius 3 is 2.20 bits per heavy atom. The summed E-state index contributed by atoms with van der Waals surface area (Å²) in [5.41, 5.74) is -0.171. The Hall–Kier alpha value is -2.70. The third kappa shape index (κ3) is 5.26. The predicted octanol–water partition coefficient (Wildman–Crippen LogP) is 3.78. The highest BCUT2D eigenvalue weighted by Crippen LogP contribution is 2.17. The maximum atomic E-state index is 13.0. The van der Waals surface area contributed by atoms with Gasteiger partial charge in [-0.1, -0.05) is 38.0 Å². The number of carbonyl (C=O) groups is 2. The number of hydrogen-bond donors (Lipinski definition) is 0. The van der Waals surface area contributed by atoms with E-state index in [1.165, 1.54) is 4.68 Å². The topological polar surface area (TPSA) is 81.5 Å². The smallest absolute Gasteiger partial charge is 0.360 e. The molecule has 1 amide bonds. The number of fused-ring (bicyclic) bond motifs is 1. The molecule has 0 radical (unpaired) electrons. The first-order valence-corrected chi connectivity index (χ1v) is 10.7. The number of esters is 1. The van der Waals surface area contributed by atoms with Gasteiger partial charge in [-0.25, -0.2) is 9.48 Å². The summed E-state index contributed by atoms with van der Waals surface area (Å²) in [4.78, 5) is 40.2. The minimum Gasteiger partial charge on any atom is -0.448 e. The monoisotopic (exact) mass is 415 g/mol. The van der Waals surface area contributed by atoms with Crippen LogP contribution in [0.15, 0.2) is 29.1 Å². The fourth-order valence-corrected chi connectivity index (χ4v) is 3.63. The number of nitrogens with zero attached hydrogens (tertiary/aromatic N) is 3. The Bertz CT molecular complexity index is 941. The lowest BCUT2D eigenvalue weighted by molar-refractivity contribution is -0.143. The van der Waals surface area contributed by atoms with Crippen LogP contribution in [0.25, 0.3) is 10.8 Å². The molecule has 1 atom stereocenters. The third-order valence-electron chi connectivity index (χ3n) is 5.03. The molecule has 1 aromatic heterocycles. The summed E-state index contributed by atoms with van der Waals surface area (Å²) in [6.45, 7) is 11.8. The van der Waals surface area contributed by atoms with E-state index in [-0.39, 0.29) is 29.2 Å². The molecule has 2 rings (SSSR count). The summed E-state index contributed by atoms with van der Waals surface area (Å²) in [6, 6.07) is 6.83. The molecule has 1 aromatic carbocycles. The van der Waals surface area contributed by atoms with E-state index >= 15 is 0 Å². The number of unbranched alkanes of at least 4 members (excludes halogenated alkanes) is 2. The minimum absolute atomic E-state index is 0.0157. The lowest BCUT2D eigenvalue weighted by Crippen LogP contribution is -2.47. The molecule has 0 saturated heterocycles. The average molecular weight is 416 g/mol. The van der Waals surface area contributed by atoms with Crippen LogP contribution in [0.1, 0.15) is 71.3 Å². The molecule has 0 aliphatic rings. The molecule has 0 aliphatic carbocycles. The highest BCUT2D eigenvalue weighted by atomic mass is 16.5. The molecule has 1 unspecified atom stereocenters. The summed E-state index contributed by atoms with van der Waals surface area (Å²) in [7, 11) is 0. The number of rotatable bonds is 9. The normalized spacial score (nSPS) is 12.4. The molecule has 0 fully saturated rings. The van der Waals surface area contributed by atoms with Gasteiger partial charge in [0.05, 0.1) is 5.39 Å². The van der Waals surface area contributed by atoms with Crippen molar-refractivity contribution in [3.8, 4) is 0 Å². The van der Waals surface area contributed by atoms with Gasteiger partial charge >= 0.3 is 5.97 Å². The Kier molecular flexibility index (Phi) is 8.15. The van der Waals surface area contributed by atoms with Crippen LogP contribution in [-0.4, -0.2) is 44.7 Å². The quantitative estimate of drug-likeness (QED) is 0.460. The van der Waals surface area contributed by atoms with Crippen molar-refractivity contribution in [2.75, 3.05) is 0 Å². The van der Waals surface area contributed by atoms with Gasteiger partial charge in [-0.15, -0.1) is 0 Å². The van der Waals surface area contributed by atoms with Crippen LogP contribution >= 0.6 is 0 Å². The summed E-state index contributed by atoms with van der Waals surface area (Å²) in [5, 5.41) is 5.16. The molecule has 0 N–H and O–H groups in total. The van der Waals surface area contributed by atoms with Crippen molar-refractivity contribution in [3.63, 3.8) is 0 Å². The number of aryl methyl sites for hydroxylation is 1. The van der Waals surface area contributed by atoms with Crippen molar-refractivity contribution in [3.05, 3.63) is 40.3 Å². The van der Waals surface area contributed by atoms with Crippen molar-refractivity contribution in [2.24, 2.45) is 0 Å². The molecule has 30 heavy (non-hydrogen) atoms. The number of benzene rings is 1. The number of hydrogen-bond acceptors (Lipinski definition) is 5. The lowest BCUT2D eigenvalue weighted by atomic mass is 10.1. The van der Waals surface area contributed by atoms with Crippen molar-refractivity contribution in [1.82, 2.24) is 14.7 Å². The first-order chi connectivity index (χ1) is 14.2. The van der Waals surface area contributed by atoms with E-state index in [9.17, 15) is 14.4 Å². The van der Waals surface area contributed by atoms with Crippen LogP contribution in [0, 0.1) is 0 Å². The minimum atomic E-state index is -0.955. The van der Waals surface area contributed by atoms with Crippen LogP contribution in [0.2, 0.25) is 0 Å². The number of ether oxygens (including phenoxy) is 1. The van der Waals surface area contributed by atoms with Gasteiger partial charge in [-0.05, 0) is 47.1 Å². The van der Waals surface area contributed by atoms with Gasteiger partial charge in [-0.3, -0.25) is 9.59 Å². The van der Waals surface area contributed by atoms with Gasteiger partial charge in [0.25, 0.3) is 11.5 Å². The second kappa shape index (κ2) is 10.4. The molecule has 1 heterocycles. The van der Waals surface area contributed by atoms with Gasteiger partial charge in [0.15, 0.2) is 11.8 Å². The van der Waals surface area contributed by atoms with Crippen LogP contribution < -0.4 is 5.56 Å². The Labute approximate surface area is 178 Å². The zero-order valence-electron chi connectivity index (χ0n) is 18.8. The summed E-state index contributed by atoms with van der Waals surface area (Å²) in [5.74, 6) is -0.960. The van der Waals surface area contributed by atoms with E-state index in [4.69, 9.17) is 4.74 Å². The van der Waals surface area contributed by atoms with E-state index in [0.717, 1.165) is 19.3 Å². The zero-order chi connectivity index (χ0) is 22.4. The van der Waals surface area contributed by atoms with Crippen molar-refractivity contribution in [1.29, 1.82) is 0 Å². The molecule has 0 bridgehead atoms. The molecule has 2 aromatic rings. The molecule has 0 spiro atoms. The Balaban J connectivity index is 2.36. The lowest BCUT2D eigenvalue weighted by Gasteiger charge is -2.32.